The van der Waals surface area contributed by atoms with Gasteiger partial charge in [-0.3, -0.25) is 0 Å². The van der Waals surface area contributed by atoms with E-state index in [1.807, 2.05) is 12.1 Å². The summed E-state index contributed by atoms with van der Waals surface area (Å²) in [5.74, 6) is 3.81. The van der Waals surface area contributed by atoms with E-state index < -0.39 is 0 Å². The van der Waals surface area contributed by atoms with Gasteiger partial charge in [0.2, 0.25) is 0 Å². The van der Waals surface area contributed by atoms with Crippen molar-refractivity contribution >= 4 is 9.52 Å². The average Bonchev–Trinajstić information content (AvgIpc) is 2.78. The minimum atomic E-state index is -0.339. The molecule has 2 aliphatic rings. The van der Waals surface area contributed by atoms with Gasteiger partial charge in [0.15, 0.2) is 0 Å². The van der Waals surface area contributed by atoms with Crippen LogP contribution in [-0.4, -0.2) is 9.52 Å². The second kappa shape index (κ2) is 12.9. The number of hydrogen-bond acceptors (Lipinski definition) is 0. The SMILES string of the molecule is C[SiH2]CCCC1CCC(CCCCC2CCC(c3ccc(CF)cc3)CC2)CC1. The lowest BCUT2D eigenvalue weighted by atomic mass is 9.76. The first kappa shape index (κ1) is 23.0. The highest BCUT2D eigenvalue weighted by molar-refractivity contribution is 6.33. The first-order chi connectivity index (χ1) is 14.3. The smallest absolute Gasteiger partial charge is 0.115 e. The number of halogens is 1. The predicted octanol–water partition coefficient (Wildman–Crippen LogP) is 8.21. The van der Waals surface area contributed by atoms with Crippen LogP contribution in [-0.2, 0) is 6.67 Å². The molecule has 0 aliphatic heterocycles. The molecule has 2 fully saturated rings. The summed E-state index contributed by atoms with van der Waals surface area (Å²) < 4.78 is 12.7. The summed E-state index contributed by atoms with van der Waals surface area (Å²) in [5, 5.41) is 0. The van der Waals surface area contributed by atoms with E-state index in [0.717, 1.165) is 29.2 Å². The molecule has 0 aromatic heterocycles. The third kappa shape index (κ3) is 7.85. The number of unbranched alkanes of at least 4 members (excludes halogenated alkanes) is 1. The summed E-state index contributed by atoms with van der Waals surface area (Å²) in [5.41, 5.74) is 2.25. The molecule has 0 N–H and O–H groups in total. The quantitative estimate of drug-likeness (QED) is 0.252. The van der Waals surface area contributed by atoms with Gasteiger partial charge < -0.3 is 0 Å². The number of alkyl halides is 1. The third-order valence-electron chi connectivity index (χ3n) is 8.11. The summed E-state index contributed by atoms with van der Waals surface area (Å²) in [4.78, 5) is 0. The van der Waals surface area contributed by atoms with Crippen LogP contribution in [0.5, 0.6) is 0 Å². The number of hydrogen-bond donors (Lipinski definition) is 0. The third-order valence-corrected chi connectivity index (χ3v) is 9.32. The Hall–Kier alpha value is -0.633. The topological polar surface area (TPSA) is 0 Å². The molecule has 0 amide bonds. The van der Waals surface area contributed by atoms with E-state index in [1.165, 1.54) is 95.5 Å². The lowest BCUT2D eigenvalue weighted by molar-refractivity contribution is 0.243. The Kier molecular flexibility index (Phi) is 10.3. The van der Waals surface area contributed by atoms with Gasteiger partial charge >= 0.3 is 0 Å². The molecule has 0 unspecified atom stereocenters. The van der Waals surface area contributed by atoms with Gasteiger partial charge in [0, 0.05) is 9.52 Å². The molecule has 3 rings (SSSR count). The molecule has 0 bridgehead atoms. The van der Waals surface area contributed by atoms with Gasteiger partial charge in [-0.15, -0.1) is 0 Å². The van der Waals surface area contributed by atoms with E-state index in [-0.39, 0.29) is 6.67 Å². The fourth-order valence-electron chi connectivity index (χ4n) is 6.02. The fraction of sp³-hybridized carbons (Fsp3) is 0.778. The highest BCUT2D eigenvalue weighted by atomic mass is 28.2. The molecule has 29 heavy (non-hydrogen) atoms. The Bertz CT molecular complexity index is 538. The molecule has 164 valence electrons. The van der Waals surface area contributed by atoms with Crippen LogP contribution in [0.3, 0.4) is 0 Å². The summed E-state index contributed by atoms with van der Waals surface area (Å²) in [6, 6.07) is 9.86. The minimum Gasteiger partial charge on any atom is -0.246 e. The van der Waals surface area contributed by atoms with E-state index in [2.05, 4.69) is 18.7 Å². The molecule has 0 nitrogen and oxygen atoms in total. The fourth-order valence-corrected chi connectivity index (χ4v) is 6.81. The summed E-state index contributed by atoms with van der Waals surface area (Å²) >= 11 is 0. The van der Waals surface area contributed by atoms with E-state index in [9.17, 15) is 4.39 Å². The van der Waals surface area contributed by atoms with Crippen molar-refractivity contribution in [1.82, 2.24) is 0 Å². The van der Waals surface area contributed by atoms with Crippen molar-refractivity contribution in [3.05, 3.63) is 35.4 Å². The molecule has 0 spiro atoms. The second-order valence-corrected chi connectivity index (χ2v) is 12.0. The van der Waals surface area contributed by atoms with Gasteiger partial charge in [-0.1, -0.05) is 101 Å². The number of benzene rings is 1. The molecular formula is C27H45FSi. The largest absolute Gasteiger partial charge is 0.246 e. The molecular weight excluding hydrogens is 371 g/mol. The van der Waals surface area contributed by atoms with Gasteiger partial charge in [-0.05, 0) is 60.5 Å². The van der Waals surface area contributed by atoms with Crippen LogP contribution in [0.1, 0.15) is 107 Å². The molecule has 2 aliphatic carbocycles. The van der Waals surface area contributed by atoms with Crippen molar-refractivity contribution in [2.45, 2.75) is 115 Å². The highest BCUT2D eigenvalue weighted by Gasteiger charge is 2.23. The zero-order chi connectivity index (χ0) is 20.3. The van der Waals surface area contributed by atoms with E-state index in [1.54, 1.807) is 6.04 Å². The molecule has 0 atom stereocenters. The van der Waals surface area contributed by atoms with Crippen molar-refractivity contribution in [2.24, 2.45) is 17.8 Å². The first-order valence-corrected chi connectivity index (χ1v) is 15.3. The van der Waals surface area contributed by atoms with Crippen molar-refractivity contribution in [1.29, 1.82) is 0 Å². The predicted molar refractivity (Wildman–Crippen MR) is 128 cm³/mol. The van der Waals surface area contributed by atoms with Crippen LogP contribution in [0, 0.1) is 17.8 Å². The monoisotopic (exact) mass is 416 g/mol. The minimum absolute atomic E-state index is 0.302. The Labute approximate surface area is 182 Å². The van der Waals surface area contributed by atoms with E-state index in [0.29, 0.717) is 9.52 Å². The van der Waals surface area contributed by atoms with Crippen molar-refractivity contribution in [3.8, 4) is 0 Å². The van der Waals surface area contributed by atoms with Gasteiger partial charge in [-0.25, -0.2) is 4.39 Å². The van der Waals surface area contributed by atoms with Crippen molar-refractivity contribution < 1.29 is 4.39 Å². The molecule has 0 saturated heterocycles. The summed E-state index contributed by atoms with van der Waals surface area (Å²) in [7, 11) is 0.302. The summed E-state index contributed by atoms with van der Waals surface area (Å²) in [6.45, 7) is 2.12. The lowest BCUT2D eigenvalue weighted by Crippen LogP contribution is -2.15. The molecule has 1 aromatic carbocycles. The maximum absolute atomic E-state index is 12.7. The van der Waals surface area contributed by atoms with Crippen LogP contribution in [0.25, 0.3) is 0 Å². The Morgan fingerprint density at radius 1 is 0.724 bits per heavy atom. The van der Waals surface area contributed by atoms with Gasteiger partial charge in [0.1, 0.15) is 6.67 Å². The Morgan fingerprint density at radius 3 is 1.69 bits per heavy atom. The van der Waals surface area contributed by atoms with Gasteiger partial charge in [0.05, 0.1) is 0 Å². The van der Waals surface area contributed by atoms with Gasteiger partial charge in [0.25, 0.3) is 0 Å². The first-order valence-electron chi connectivity index (χ1n) is 12.9. The second-order valence-electron chi connectivity index (χ2n) is 10.3. The zero-order valence-electron chi connectivity index (χ0n) is 19.0. The molecule has 0 heterocycles. The van der Waals surface area contributed by atoms with Gasteiger partial charge in [-0.2, -0.15) is 0 Å². The van der Waals surface area contributed by atoms with Crippen LogP contribution in [0.4, 0.5) is 4.39 Å². The number of rotatable bonds is 11. The van der Waals surface area contributed by atoms with Crippen LogP contribution in [0.2, 0.25) is 12.6 Å². The highest BCUT2D eigenvalue weighted by Crippen LogP contribution is 2.39. The maximum Gasteiger partial charge on any atom is 0.115 e. The maximum atomic E-state index is 12.7. The lowest BCUT2D eigenvalue weighted by Gasteiger charge is -2.30. The Balaban J connectivity index is 1.23. The normalized spacial score (nSPS) is 28.2. The van der Waals surface area contributed by atoms with Crippen LogP contribution < -0.4 is 0 Å². The van der Waals surface area contributed by atoms with Crippen LogP contribution >= 0.6 is 0 Å². The van der Waals surface area contributed by atoms with Crippen LogP contribution in [0.15, 0.2) is 24.3 Å². The Morgan fingerprint density at radius 2 is 1.21 bits per heavy atom. The van der Waals surface area contributed by atoms with E-state index in [4.69, 9.17) is 0 Å². The van der Waals surface area contributed by atoms with Crippen molar-refractivity contribution in [2.75, 3.05) is 0 Å². The molecule has 2 heteroatoms. The molecule has 1 aromatic rings. The van der Waals surface area contributed by atoms with E-state index >= 15 is 0 Å². The molecule has 2 saturated carbocycles. The zero-order valence-corrected chi connectivity index (χ0v) is 20.4. The standard InChI is InChI=1S/C27H45FSi/c1-29-20-4-7-24-10-8-22(9-11-24)5-2-3-6-23-12-16-26(17-13-23)27-18-14-25(21-28)15-19-27/h14-15,18-19,22-24,26H,2-13,16-17,20-21,29H2,1H3. The average molecular weight is 417 g/mol. The van der Waals surface area contributed by atoms with Crippen molar-refractivity contribution in [3.63, 3.8) is 0 Å². The molecule has 0 radical (unpaired) electrons. The summed E-state index contributed by atoms with van der Waals surface area (Å²) in [6.07, 6.45) is 20.6.